The second-order valence-electron chi connectivity index (χ2n) is 8.08. The van der Waals surface area contributed by atoms with Crippen molar-refractivity contribution < 1.29 is 14.6 Å². The minimum absolute atomic E-state index is 0.0135. The molecular weight excluding hydrogens is 280 g/mol. The number of rotatable bonds is 5. The first-order valence-electron chi connectivity index (χ1n) is 8.44. The van der Waals surface area contributed by atoms with Crippen LogP contribution in [0.15, 0.2) is 0 Å². The van der Waals surface area contributed by atoms with Gasteiger partial charge in [0.1, 0.15) is 5.60 Å². The van der Waals surface area contributed by atoms with Gasteiger partial charge >= 0.3 is 6.09 Å². The Morgan fingerprint density at radius 3 is 2.36 bits per heavy atom. The van der Waals surface area contributed by atoms with E-state index in [-0.39, 0.29) is 12.1 Å². The third-order valence-corrected chi connectivity index (χ3v) is 4.34. The summed E-state index contributed by atoms with van der Waals surface area (Å²) in [7, 11) is 0. The van der Waals surface area contributed by atoms with Crippen molar-refractivity contribution in [2.45, 2.75) is 90.5 Å². The van der Waals surface area contributed by atoms with E-state index in [1.165, 1.54) is 12.8 Å². The Morgan fingerprint density at radius 2 is 1.82 bits per heavy atom. The van der Waals surface area contributed by atoms with Gasteiger partial charge in [0.05, 0.1) is 5.60 Å². The van der Waals surface area contributed by atoms with Crippen molar-refractivity contribution in [1.29, 1.82) is 0 Å². The zero-order valence-electron chi connectivity index (χ0n) is 15.0. The lowest BCUT2D eigenvalue weighted by molar-refractivity contribution is 0.0318. The van der Waals surface area contributed by atoms with Crippen molar-refractivity contribution in [3.05, 3.63) is 0 Å². The fourth-order valence-corrected chi connectivity index (χ4v) is 2.73. The molecule has 0 aliphatic heterocycles. The van der Waals surface area contributed by atoms with E-state index in [0.717, 1.165) is 12.8 Å². The van der Waals surface area contributed by atoms with Crippen molar-refractivity contribution in [2.24, 2.45) is 5.92 Å². The van der Waals surface area contributed by atoms with E-state index in [4.69, 9.17) is 4.74 Å². The quantitative estimate of drug-likeness (QED) is 0.730. The molecule has 5 nitrogen and oxygen atoms in total. The van der Waals surface area contributed by atoms with Gasteiger partial charge in [0.15, 0.2) is 0 Å². The Labute approximate surface area is 135 Å². The molecule has 3 atom stereocenters. The highest BCUT2D eigenvalue weighted by Gasteiger charge is 2.31. The number of alkyl carbamates (subject to hydrolysis) is 1. The Hall–Kier alpha value is -0.810. The van der Waals surface area contributed by atoms with Crippen LogP contribution in [0.3, 0.4) is 0 Å². The lowest BCUT2D eigenvalue weighted by atomic mass is 9.83. The molecule has 1 aliphatic carbocycles. The molecule has 1 fully saturated rings. The number of nitrogens with one attached hydrogen (secondary N) is 2. The molecule has 5 heteroatoms. The van der Waals surface area contributed by atoms with Gasteiger partial charge in [-0.3, -0.25) is 0 Å². The Morgan fingerprint density at radius 1 is 1.23 bits per heavy atom. The van der Waals surface area contributed by atoms with Gasteiger partial charge in [-0.2, -0.15) is 0 Å². The largest absolute Gasteiger partial charge is 0.444 e. The average Bonchev–Trinajstić information content (AvgIpc) is 2.34. The second kappa shape index (κ2) is 7.64. The number of hydrogen-bond donors (Lipinski definition) is 3. The summed E-state index contributed by atoms with van der Waals surface area (Å²) in [6, 6.07) is 0.338. The van der Waals surface area contributed by atoms with E-state index in [0.29, 0.717) is 18.5 Å². The van der Waals surface area contributed by atoms with Crippen LogP contribution in [0.1, 0.15) is 67.2 Å². The standard InChI is InChI=1S/C17H34N2O3/c1-12(17(5,6)21)19-14-10-8-7-9-13(14)11-18-15(20)22-16(2,3)4/h12-14,19,21H,7-11H2,1-6H3,(H,18,20). The summed E-state index contributed by atoms with van der Waals surface area (Å²) < 4.78 is 5.29. The first-order valence-corrected chi connectivity index (χ1v) is 8.44. The molecule has 1 amide bonds. The summed E-state index contributed by atoms with van der Waals surface area (Å²) >= 11 is 0. The summed E-state index contributed by atoms with van der Waals surface area (Å²) in [5.41, 5.74) is -1.22. The summed E-state index contributed by atoms with van der Waals surface area (Å²) in [5, 5.41) is 16.5. The normalized spacial score (nSPS) is 24.7. The van der Waals surface area contributed by atoms with Gasteiger partial charge in [-0.25, -0.2) is 4.79 Å². The lowest BCUT2D eigenvalue weighted by Crippen LogP contribution is -2.53. The fourth-order valence-electron chi connectivity index (χ4n) is 2.73. The highest BCUT2D eigenvalue weighted by Crippen LogP contribution is 2.25. The van der Waals surface area contributed by atoms with Crippen LogP contribution in [0, 0.1) is 5.92 Å². The maximum atomic E-state index is 11.8. The number of carbonyl (C=O) groups excluding carboxylic acids is 1. The molecule has 0 aromatic rings. The SMILES string of the molecule is CC(NC1CCCCC1CNC(=O)OC(C)(C)C)C(C)(C)O. The molecule has 0 saturated heterocycles. The van der Waals surface area contributed by atoms with E-state index in [9.17, 15) is 9.90 Å². The van der Waals surface area contributed by atoms with Crippen LogP contribution in [0.5, 0.6) is 0 Å². The fraction of sp³-hybridized carbons (Fsp3) is 0.941. The van der Waals surface area contributed by atoms with E-state index in [1.54, 1.807) is 0 Å². The molecule has 130 valence electrons. The minimum Gasteiger partial charge on any atom is -0.444 e. The van der Waals surface area contributed by atoms with Gasteiger partial charge in [0.2, 0.25) is 0 Å². The molecule has 0 aromatic heterocycles. The van der Waals surface area contributed by atoms with Crippen molar-refractivity contribution in [2.75, 3.05) is 6.54 Å². The third kappa shape index (κ3) is 6.97. The monoisotopic (exact) mass is 314 g/mol. The van der Waals surface area contributed by atoms with Crippen LogP contribution in [0.2, 0.25) is 0 Å². The molecular formula is C17H34N2O3. The summed E-state index contributed by atoms with van der Waals surface area (Å²) in [4.78, 5) is 11.8. The van der Waals surface area contributed by atoms with Crippen molar-refractivity contribution in [3.63, 3.8) is 0 Å². The molecule has 0 heterocycles. The molecule has 22 heavy (non-hydrogen) atoms. The second-order valence-corrected chi connectivity index (χ2v) is 8.08. The smallest absolute Gasteiger partial charge is 0.407 e. The molecule has 1 aliphatic rings. The van der Waals surface area contributed by atoms with E-state index < -0.39 is 11.2 Å². The predicted octanol–water partition coefficient (Wildman–Crippen LogP) is 2.82. The summed E-state index contributed by atoms with van der Waals surface area (Å²) in [6.45, 7) is 11.9. The molecule has 3 N–H and O–H groups in total. The molecule has 1 saturated carbocycles. The molecule has 0 aromatic carbocycles. The summed E-state index contributed by atoms with van der Waals surface area (Å²) in [6.07, 6.45) is 4.20. The number of hydrogen-bond acceptors (Lipinski definition) is 4. The number of ether oxygens (including phenoxy) is 1. The molecule has 3 unspecified atom stereocenters. The zero-order chi connectivity index (χ0) is 17.0. The van der Waals surface area contributed by atoms with E-state index in [1.807, 2.05) is 41.5 Å². The van der Waals surface area contributed by atoms with Crippen LogP contribution < -0.4 is 10.6 Å². The Bertz CT molecular complexity index is 358. The predicted molar refractivity (Wildman–Crippen MR) is 88.9 cm³/mol. The first-order chi connectivity index (χ1) is 9.99. The summed E-state index contributed by atoms with van der Waals surface area (Å²) in [5.74, 6) is 0.381. The number of amides is 1. The van der Waals surface area contributed by atoms with Crippen LogP contribution in [0.25, 0.3) is 0 Å². The van der Waals surface area contributed by atoms with Crippen LogP contribution in [0.4, 0.5) is 4.79 Å². The zero-order valence-corrected chi connectivity index (χ0v) is 15.0. The van der Waals surface area contributed by atoms with Gasteiger partial charge < -0.3 is 20.5 Å². The average molecular weight is 314 g/mol. The van der Waals surface area contributed by atoms with Crippen molar-refractivity contribution in [3.8, 4) is 0 Å². The van der Waals surface area contributed by atoms with Gasteiger partial charge in [0.25, 0.3) is 0 Å². The van der Waals surface area contributed by atoms with E-state index in [2.05, 4.69) is 10.6 Å². The third-order valence-electron chi connectivity index (χ3n) is 4.34. The maximum absolute atomic E-state index is 11.8. The highest BCUT2D eigenvalue weighted by molar-refractivity contribution is 5.67. The molecule has 0 radical (unpaired) electrons. The van der Waals surface area contributed by atoms with Gasteiger partial charge in [0, 0.05) is 18.6 Å². The lowest BCUT2D eigenvalue weighted by Gasteiger charge is -2.37. The van der Waals surface area contributed by atoms with Gasteiger partial charge in [-0.1, -0.05) is 12.8 Å². The minimum atomic E-state index is -0.749. The maximum Gasteiger partial charge on any atom is 0.407 e. The van der Waals surface area contributed by atoms with Crippen LogP contribution in [-0.4, -0.2) is 41.0 Å². The van der Waals surface area contributed by atoms with Gasteiger partial charge in [-0.15, -0.1) is 0 Å². The Kier molecular flexibility index (Phi) is 6.68. The first kappa shape index (κ1) is 19.2. The molecule has 0 bridgehead atoms. The van der Waals surface area contributed by atoms with Crippen LogP contribution >= 0.6 is 0 Å². The topological polar surface area (TPSA) is 70.6 Å². The van der Waals surface area contributed by atoms with Crippen molar-refractivity contribution in [1.82, 2.24) is 10.6 Å². The van der Waals surface area contributed by atoms with E-state index >= 15 is 0 Å². The molecule has 1 rings (SSSR count). The highest BCUT2D eigenvalue weighted by atomic mass is 16.6. The van der Waals surface area contributed by atoms with Crippen molar-refractivity contribution >= 4 is 6.09 Å². The van der Waals surface area contributed by atoms with Crippen LogP contribution in [-0.2, 0) is 4.74 Å². The Balaban J connectivity index is 2.50. The van der Waals surface area contributed by atoms with Gasteiger partial charge in [-0.05, 0) is 60.3 Å². The molecule has 0 spiro atoms. The number of aliphatic hydroxyl groups is 1. The number of carbonyl (C=O) groups is 1.